The van der Waals surface area contributed by atoms with E-state index in [-0.39, 0.29) is 11.6 Å². The van der Waals surface area contributed by atoms with Crippen molar-refractivity contribution in [1.82, 2.24) is 15.0 Å². The van der Waals surface area contributed by atoms with Crippen LogP contribution in [0.5, 0.6) is 0 Å². The lowest BCUT2D eigenvalue weighted by Crippen LogP contribution is -2.14. The molecule has 6 nitrogen and oxygen atoms in total. The number of pyridine rings is 1. The first kappa shape index (κ1) is 17.6. The standard InChI is InChI=1S/C22H19N5O/c1-14-8-9-17(11-15(14)2)26-22(28)19-12-20(25-13-24-19)27-18-7-3-5-16-6-4-10-23-21(16)18/h3-13H,1-2H3,(H,26,28)(H,24,25,27). The van der Waals surface area contributed by atoms with Crippen LogP contribution in [0, 0.1) is 13.8 Å². The summed E-state index contributed by atoms with van der Waals surface area (Å²) in [5.74, 6) is 0.239. The van der Waals surface area contributed by atoms with Crippen LogP contribution in [0.2, 0.25) is 0 Å². The second kappa shape index (κ2) is 7.44. The van der Waals surface area contributed by atoms with Crippen LogP contribution in [-0.2, 0) is 0 Å². The Bertz CT molecular complexity index is 1170. The van der Waals surface area contributed by atoms with Crippen LogP contribution >= 0.6 is 0 Å². The molecule has 0 aliphatic carbocycles. The molecule has 2 N–H and O–H groups in total. The van der Waals surface area contributed by atoms with E-state index in [1.165, 1.54) is 11.9 Å². The van der Waals surface area contributed by atoms with E-state index in [1.54, 1.807) is 12.3 Å². The van der Waals surface area contributed by atoms with E-state index in [0.29, 0.717) is 5.82 Å². The Labute approximate surface area is 162 Å². The van der Waals surface area contributed by atoms with Gasteiger partial charge in [-0.3, -0.25) is 9.78 Å². The van der Waals surface area contributed by atoms with Gasteiger partial charge in [0.1, 0.15) is 17.8 Å². The van der Waals surface area contributed by atoms with Gasteiger partial charge in [-0.1, -0.05) is 24.3 Å². The summed E-state index contributed by atoms with van der Waals surface area (Å²) in [6, 6.07) is 17.2. The van der Waals surface area contributed by atoms with Gasteiger partial charge in [0.15, 0.2) is 0 Å². The van der Waals surface area contributed by atoms with Gasteiger partial charge in [0, 0.05) is 23.3 Å². The minimum Gasteiger partial charge on any atom is -0.338 e. The number of amides is 1. The van der Waals surface area contributed by atoms with Crippen molar-refractivity contribution < 1.29 is 4.79 Å². The Morgan fingerprint density at radius 1 is 0.893 bits per heavy atom. The Hall–Kier alpha value is -3.80. The number of hydrogen-bond donors (Lipinski definition) is 2. The number of fused-ring (bicyclic) bond motifs is 1. The molecule has 0 unspecified atom stereocenters. The largest absolute Gasteiger partial charge is 0.338 e. The van der Waals surface area contributed by atoms with Gasteiger partial charge < -0.3 is 10.6 Å². The number of carbonyl (C=O) groups excluding carboxylic acids is 1. The molecule has 0 radical (unpaired) electrons. The van der Waals surface area contributed by atoms with Crippen LogP contribution in [0.4, 0.5) is 17.2 Å². The highest BCUT2D eigenvalue weighted by molar-refractivity contribution is 6.03. The average molecular weight is 369 g/mol. The maximum absolute atomic E-state index is 12.6. The first-order valence-electron chi connectivity index (χ1n) is 8.91. The van der Waals surface area contributed by atoms with Crippen molar-refractivity contribution in [2.24, 2.45) is 0 Å². The monoisotopic (exact) mass is 369 g/mol. The molecule has 4 aromatic rings. The quantitative estimate of drug-likeness (QED) is 0.548. The number of carbonyl (C=O) groups is 1. The van der Waals surface area contributed by atoms with Crippen molar-refractivity contribution >= 4 is 34.0 Å². The molecular formula is C22H19N5O. The first-order valence-corrected chi connectivity index (χ1v) is 8.91. The number of nitrogens with one attached hydrogen (secondary N) is 2. The third kappa shape index (κ3) is 3.66. The molecule has 0 saturated heterocycles. The van der Waals surface area contributed by atoms with Crippen molar-refractivity contribution in [3.63, 3.8) is 0 Å². The van der Waals surface area contributed by atoms with Crippen LogP contribution in [0.3, 0.4) is 0 Å². The number of rotatable bonds is 4. The lowest BCUT2D eigenvalue weighted by atomic mass is 10.1. The van der Waals surface area contributed by atoms with E-state index in [2.05, 4.69) is 25.6 Å². The lowest BCUT2D eigenvalue weighted by Gasteiger charge is -2.10. The third-order valence-electron chi connectivity index (χ3n) is 4.56. The van der Waals surface area contributed by atoms with E-state index in [9.17, 15) is 4.79 Å². The molecule has 2 aromatic heterocycles. The molecule has 0 aliphatic rings. The molecule has 138 valence electrons. The number of hydrogen-bond acceptors (Lipinski definition) is 5. The summed E-state index contributed by atoms with van der Waals surface area (Å²) in [4.78, 5) is 25.3. The minimum absolute atomic E-state index is 0.281. The number of anilines is 3. The SMILES string of the molecule is Cc1ccc(NC(=O)c2cc(Nc3cccc4cccnc34)ncn2)cc1C. The van der Waals surface area contributed by atoms with Crippen molar-refractivity contribution in [3.05, 3.63) is 83.9 Å². The van der Waals surface area contributed by atoms with Crippen molar-refractivity contribution in [3.8, 4) is 0 Å². The molecule has 2 heterocycles. The van der Waals surface area contributed by atoms with Gasteiger partial charge >= 0.3 is 0 Å². The highest BCUT2D eigenvalue weighted by atomic mass is 16.1. The minimum atomic E-state index is -0.287. The molecule has 0 aliphatic heterocycles. The van der Waals surface area contributed by atoms with Gasteiger partial charge in [0.2, 0.25) is 0 Å². The summed E-state index contributed by atoms with van der Waals surface area (Å²) in [5.41, 5.74) is 4.96. The van der Waals surface area contributed by atoms with E-state index in [4.69, 9.17) is 0 Å². The molecule has 28 heavy (non-hydrogen) atoms. The highest BCUT2D eigenvalue weighted by Crippen LogP contribution is 2.24. The van der Waals surface area contributed by atoms with Gasteiger partial charge in [0.25, 0.3) is 5.91 Å². The fraction of sp³-hybridized carbons (Fsp3) is 0.0909. The second-order valence-corrected chi connectivity index (χ2v) is 6.55. The van der Waals surface area contributed by atoms with Gasteiger partial charge in [-0.2, -0.15) is 0 Å². The predicted octanol–water partition coefficient (Wildman–Crippen LogP) is 4.64. The molecule has 2 aromatic carbocycles. The van der Waals surface area contributed by atoms with Gasteiger partial charge in [-0.25, -0.2) is 9.97 Å². The van der Waals surface area contributed by atoms with Gasteiger partial charge in [-0.05, 0) is 49.2 Å². The van der Waals surface area contributed by atoms with Gasteiger partial charge in [-0.15, -0.1) is 0 Å². The number of para-hydroxylation sites is 1. The van der Waals surface area contributed by atoms with Crippen molar-refractivity contribution in [1.29, 1.82) is 0 Å². The van der Waals surface area contributed by atoms with E-state index in [0.717, 1.165) is 27.8 Å². The molecule has 4 rings (SSSR count). The van der Waals surface area contributed by atoms with Crippen LogP contribution < -0.4 is 10.6 Å². The van der Waals surface area contributed by atoms with Crippen molar-refractivity contribution in [2.75, 3.05) is 10.6 Å². The summed E-state index contributed by atoms with van der Waals surface area (Å²) in [6.07, 6.45) is 3.12. The molecule has 0 atom stereocenters. The highest BCUT2D eigenvalue weighted by Gasteiger charge is 2.11. The molecule has 0 saturated carbocycles. The zero-order valence-electron chi connectivity index (χ0n) is 15.6. The average Bonchev–Trinajstić information content (AvgIpc) is 2.71. The van der Waals surface area contributed by atoms with E-state index in [1.807, 2.05) is 62.4 Å². The summed E-state index contributed by atoms with van der Waals surface area (Å²) < 4.78 is 0. The third-order valence-corrected chi connectivity index (χ3v) is 4.56. The fourth-order valence-electron chi connectivity index (χ4n) is 2.91. The van der Waals surface area contributed by atoms with Crippen LogP contribution in [0.25, 0.3) is 10.9 Å². The Kier molecular flexibility index (Phi) is 4.68. The lowest BCUT2D eigenvalue weighted by molar-refractivity contribution is 0.102. The summed E-state index contributed by atoms with van der Waals surface area (Å²) in [5, 5.41) is 7.13. The number of benzene rings is 2. The van der Waals surface area contributed by atoms with Gasteiger partial charge in [0.05, 0.1) is 11.2 Å². The Morgan fingerprint density at radius 3 is 2.61 bits per heavy atom. The topological polar surface area (TPSA) is 79.8 Å². The van der Waals surface area contributed by atoms with Crippen LogP contribution in [0.1, 0.15) is 21.6 Å². The van der Waals surface area contributed by atoms with E-state index < -0.39 is 0 Å². The molecule has 0 bridgehead atoms. The second-order valence-electron chi connectivity index (χ2n) is 6.55. The first-order chi connectivity index (χ1) is 13.6. The maximum atomic E-state index is 12.6. The zero-order valence-corrected chi connectivity index (χ0v) is 15.6. The number of aromatic nitrogens is 3. The zero-order chi connectivity index (χ0) is 19.5. The predicted molar refractivity (Wildman–Crippen MR) is 111 cm³/mol. The Balaban J connectivity index is 1.57. The van der Waals surface area contributed by atoms with Crippen molar-refractivity contribution in [2.45, 2.75) is 13.8 Å². The maximum Gasteiger partial charge on any atom is 0.274 e. The number of aryl methyl sites for hydroxylation is 2. The fourth-order valence-corrected chi connectivity index (χ4v) is 2.91. The summed E-state index contributed by atoms with van der Waals surface area (Å²) >= 11 is 0. The van der Waals surface area contributed by atoms with Crippen LogP contribution in [0.15, 0.2) is 67.1 Å². The number of nitrogens with zero attached hydrogens (tertiary/aromatic N) is 3. The smallest absolute Gasteiger partial charge is 0.274 e. The molecule has 0 spiro atoms. The molecule has 0 fully saturated rings. The van der Waals surface area contributed by atoms with E-state index >= 15 is 0 Å². The Morgan fingerprint density at radius 2 is 1.75 bits per heavy atom. The van der Waals surface area contributed by atoms with Crippen LogP contribution in [-0.4, -0.2) is 20.9 Å². The molecule has 6 heteroatoms. The molecular weight excluding hydrogens is 350 g/mol. The summed E-state index contributed by atoms with van der Waals surface area (Å²) in [7, 11) is 0. The molecule has 1 amide bonds. The normalized spacial score (nSPS) is 10.6. The summed E-state index contributed by atoms with van der Waals surface area (Å²) in [6.45, 7) is 4.04.